The normalized spacial score (nSPS) is 8.27. The Bertz CT molecular complexity index is 1190. The van der Waals surface area contributed by atoms with Gasteiger partial charge in [0.25, 0.3) is 0 Å². The number of ether oxygens (including phenoxy) is 5. The number of alkyl halides is 6. The molecule has 0 fully saturated rings. The lowest BCUT2D eigenvalue weighted by Gasteiger charge is -2.03. The number of halogens is 6. The van der Waals surface area contributed by atoms with Crippen LogP contribution in [0.2, 0.25) is 0 Å². The number of esters is 1. The molecule has 272 valence electrons. The predicted octanol–water partition coefficient (Wildman–Crippen LogP) is 4.76. The van der Waals surface area contributed by atoms with Crippen molar-refractivity contribution >= 4 is 170 Å². The van der Waals surface area contributed by atoms with Crippen LogP contribution in [0.4, 0.5) is 26.3 Å². The highest BCUT2D eigenvalue weighted by molar-refractivity contribution is 8.77. The van der Waals surface area contributed by atoms with Crippen LogP contribution in [0.15, 0.2) is 0 Å². The van der Waals surface area contributed by atoms with Crippen molar-refractivity contribution in [2.45, 2.75) is 39.9 Å². The second kappa shape index (κ2) is 54.8. The van der Waals surface area contributed by atoms with E-state index in [0.29, 0.717) is 26.1 Å². The Labute approximate surface area is 310 Å². The zero-order valence-electron chi connectivity index (χ0n) is 24.4. The van der Waals surface area contributed by atoms with Crippen molar-refractivity contribution in [1.29, 1.82) is 0 Å². The minimum absolute atomic E-state index is 0.245. The fourth-order valence-corrected chi connectivity index (χ4v) is 33.1. The minimum atomic E-state index is -2.96. The quantitative estimate of drug-likeness (QED) is 0.227. The predicted molar refractivity (Wildman–Crippen MR) is 216 cm³/mol. The van der Waals surface area contributed by atoms with Crippen LogP contribution in [0.25, 0.3) is 0 Å². The number of carbonyl (C=O) groups is 1. The maximum absolute atomic E-state index is 11.2. The molecule has 0 bridgehead atoms. The van der Waals surface area contributed by atoms with Crippen LogP contribution >= 0.6 is 12.2 Å². The molecule has 0 aliphatic rings. The monoisotopic (exact) mass is 966 g/mol. The van der Waals surface area contributed by atoms with Gasteiger partial charge in [-0.15, -0.1) is 0 Å². The summed E-state index contributed by atoms with van der Waals surface area (Å²) in [5.74, 6) is -0.245. The van der Waals surface area contributed by atoms with Crippen molar-refractivity contribution in [3.63, 3.8) is 0 Å². The summed E-state index contributed by atoms with van der Waals surface area (Å²) >= 11 is 13.9. The summed E-state index contributed by atoms with van der Waals surface area (Å²) in [6, 6.07) is 0. The molecule has 0 spiro atoms. The van der Waals surface area contributed by atoms with Crippen molar-refractivity contribution < 1.29 is 54.8 Å². The lowest BCUT2D eigenvalue weighted by Crippen LogP contribution is -2.10. The molecule has 0 aromatic rings. The average molecular weight is 968 g/mol. The number of hydrogen-bond donors (Lipinski definition) is 0. The van der Waals surface area contributed by atoms with Crippen LogP contribution in [-0.2, 0) is 175 Å². The van der Waals surface area contributed by atoms with Crippen molar-refractivity contribution in [3.05, 3.63) is 0 Å². The summed E-state index contributed by atoms with van der Waals surface area (Å²) in [6.45, 7) is 3.79. The molecule has 0 rings (SSSR count). The maximum Gasteiger partial charge on any atom is 0.352 e. The van der Waals surface area contributed by atoms with Gasteiger partial charge in [-0.25, -0.2) is 4.39 Å². The molecule has 0 heterocycles. The van der Waals surface area contributed by atoms with Gasteiger partial charge >= 0.3 is 18.2 Å². The van der Waals surface area contributed by atoms with E-state index in [1.54, 1.807) is 121 Å². The number of carbonyl (C=O) groups excluding carboxylic acids is 1. The van der Waals surface area contributed by atoms with Crippen molar-refractivity contribution in [2.24, 2.45) is 0 Å². The Morgan fingerprint density at radius 3 is 0.841 bits per heavy atom. The van der Waals surface area contributed by atoms with Gasteiger partial charge in [0.2, 0.25) is 0 Å². The molecule has 6 nitrogen and oxygen atoms in total. The third-order valence-electron chi connectivity index (χ3n) is 1.76. The van der Waals surface area contributed by atoms with E-state index < -0.39 is 19.1 Å². The van der Waals surface area contributed by atoms with Gasteiger partial charge in [-0.1, -0.05) is 0 Å². The summed E-state index contributed by atoms with van der Waals surface area (Å²) in [5, 5.41) is 0.588. The van der Waals surface area contributed by atoms with E-state index in [-0.39, 0.29) is 5.97 Å². The van der Waals surface area contributed by atoms with E-state index in [9.17, 15) is 31.1 Å². The number of methoxy groups -OCH3 is 5. The van der Waals surface area contributed by atoms with Crippen LogP contribution in [0.5, 0.6) is 0 Å². The first-order chi connectivity index (χ1) is 20.5. The highest BCUT2D eigenvalue weighted by atomic mass is 33.5. The smallest absolute Gasteiger partial charge is 0.352 e. The molecule has 0 saturated heterocycles. The van der Waals surface area contributed by atoms with Gasteiger partial charge in [0.05, 0.1) is 21.4 Å². The number of rotatable bonds is 3. The van der Waals surface area contributed by atoms with Crippen LogP contribution < -0.4 is 0 Å². The average Bonchev–Trinajstić information content (AvgIpc) is 2.99. The number of hydrogen-bond acceptors (Lipinski definition) is 9. The molecule has 0 unspecified atom stereocenters. The third-order valence-corrected chi connectivity index (χ3v) is 30.8. The fraction of sp³-hybridized carbons (Fsp3) is 0.867. The van der Waals surface area contributed by atoms with Gasteiger partial charge in [0.1, 0.15) is 0 Å². The minimum Gasteiger partial charge on any atom is -0.491 e. The van der Waals surface area contributed by atoms with Crippen molar-refractivity contribution in [2.75, 3.05) is 49.6 Å². The van der Waals surface area contributed by atoms with Crippen LogP contribution in [0.1, 0.15) is 27.7 Å². The summed E-state index contributed by atoms with van der Waals surface area (Å²) in [5.41, 5.74) is 0. The molecular weight excluding hydrogens is 935 g/mol. The molecule has 0 aromatic carbocycles. The highest BCUT2D eigenvalue weighted by Gasteiger charge is 2.17. The third kappa shape index (κ3) is 120. The fourth-order valence-electron chi connectivity index (χ4n) is 0.136. The maximum atomic E-state index is 11.2. The van der Waals surface area contributed by atoms with Gasteiger partial charge in [-0.2, -0.15) is 17.6 Å². The molecule has 0 N–H and O–H groups in total. The van der Waals surface area contributed by atoms with Crippen LogP contribution in [0, 0.1) is 0 Å². The first-order valence-electron chi connectivity index (χ1n) is 9.46. The first-order valence-corrected chi connectivity index (χ1v) is 29.9. The molecule has 0 amide bonds. The Kier molecular flexibility index (Phi) is 76.6. The SMILES string of the molecule is CF.COC(C)(F)F.COC(C)(F)F.COC(C)=O.COC(C)=S.COCF.S=S=S=S=S=S=S=S=S=S=S=S=S=S=S=S. The van der Waals surface area contributed by atoms with E-state index in [4.69, 9.17) is 22.4 Å². The second-order valence-electron chi connectivity index (χ2n) is 4.77. The summed E-state index contributed by atoms with van der Waals surface area (Å²) in [6.07, 6.45) is -5.92. The van der Waals surface area contributed by atoms with Gasteiger partial charge in [-0.05, 0) is 12.2 Å². The van der Waals surface area contributed by atoms with Gasteiger partial charge < -0.3 is 23.7 Å². The van der Waals surface area contributed by atoms with Crippen molar-refractivity contribution in [1.82, 2.24) is 0 Å². The summed E-state index contributed by atoms with van der Waals surface area (Å²) in [7, 11) is 30.2. The van der Waals surface area contributed by atoms with Gasteiger partial charge in [0, 0.05) is 196 Å². The Hall–Kier alpha value is 2.34. The molecule has 0 aliphatic carbocycles. The van der Waals surface area contributed by atoms with E-state index in [0.717, 1.165) is 14.2 Å². The van der Waals surface area contributed by atoms with Gasteiger partial charge in [-0.3, -0.25) is 9.18 Å². The zero-order valence-corrected chi connectivity index (χ0v) is 38.2. The summed E-state index contributed by atoms with van der Waals surface area (Å²) < 4.78 is 84.6. The summed E-state index contributed by atoms with van der Waals surface area (Å²) in [4.78, 5) is 9.59. The Morgan fingerprint density at radius 2 is 0.773 bits per heavy atom. The standard InChI is InChI=1S/2C3H6F2O.C3H6O2.C3H6OS.C2H5FO.CH3F.S16/c2*1-3(4,5)6-2;1-3(4)5-2;1-3(5)4-2;1-4-2-3;1-2;1-3-5-7-9-11-13-15-16-14-12-10-8-6-4-2/h2*1-2H3;2*1-2H3;2H2,1H3;1H3;. The lowest BCUT2D eigenvalue weighted by molar-refractivity contribution is -0.206. The van der Waals surface area contributed by atoms with Crippen LogP contribution in [-0.4, -0.2) is 72.8 Å². The van der Waals surface area contributed by atoms with Crippen molar-refractivity contribution in [3.8, 4) is 0 Å². The van der Waals surface area contributed by atoms with E-state index in [1.807, 2.05) is 0 Å². The van der Waals surface area contributed by atoms with Crippen LogP contribution in [0.3, 0.4) is 0 Å². The van der Waals surface area contributed by atoms with E-state index in [2.05, 4.69) is 35.9 Å². The highest BCUT2D eigenvalue weighted by Crippen LogP contribution is 2.10. The molecule has 0 saturated carbocycles. The lowest BCUT2D eigenvalue weighted by atomic mass is 10.8. The van der Waals surface area contributed by atoms with Gasteiger partial charge in [0.15, 0.2) is 11.9 Å². The Balaban J connectivity index is -0.0000000816. The molecule has 0 aromatic heterocycles. The second-order valence-corrected chi connectivity index (χ2v) is 30.1. The zero-order chi connectivity index (χ0) is 36.3. The molecule has 0 radical (unpaired) electrons. The molecular formula is C15H32F6O6S17. The van der Waals surface area contributed by atoms with E-state index in [1.165, 1.54) is 38.9 Å². The molecule has 0 aliphatic heterocycles. The molecule has 0 atom stereocenters. The number of thiocarbonyl (C=S) groups is 1. The molecule has 44 heavy (non-hydrogen) atoms. The molecule has 29 heteroatoms. The Morgan fingerprint density at radius 1 is 0.614 bits per heavy atom. The van der Waals surface area contributed by atoms with E-state index >= 15 is 0 Å². The first kappa shape index (κ1) is 61.6. The topological polar surface area (TPSA) is 63.2 Å². The largest absolute Gasteiger partial charge is 0.491 e.